The lowest BCUT2D eigenvalue weighted by Crippen LogP contribution is -2.29. The molecule has 1 aliphatic rings. The Hall–Kier alpha value is -1.81. The standard InChI is InChI=1S/C17H24N2O2/c1-3-10-18-15-9-8-14-13(15)6-5-7-16(14)21-12-17(20)19-11-4-2/h4-7,15,18H,2-3,8-12H2,1H3,(H,19,20). The van der Waals surface area contributed by atoms with Crippen molar-refractivity contribution < 1.29 is 9.53 Å². The molecule has 0 aliphatic heterocycles. The molecule has 114 valence electrons. The highest BCUT2D eigenvalue weighted by Gasteiger charge is 2.24. The summed E-state index contributed by atoms with van der Waals surface area (Å²) in [4.78, 5) is 11.6. The normalized spacial score (nSPS) is 16.3. The summed E-state index contributed by atoms with van der Waals surface area (Å²) in [5.41, 5.74) is 2.55. The van der Waals surface area contributed by atoms with Crippen LogP contribution in [0.4, 0.5) is 0 Å². The van der Waals surface area contributed by atoms with Crippen molar-refractivity contribution >= 4 is 5.91 Å². The number of ether oxygens (including phenoxy) is 1. The first-order valence-electron chi connectivity index (χ1n) is 7.61. The number of hydrogen-bond donors (Lipinski definition) is 2. The Morgan fingerprint density at radius 1 is 1.52 bits per heavy atom. The van der Waals surface area contributed by atoms with Crippen LogP contribution in [0, 0.1) is 0 Å². The van der Waals surface area contributed by atoms with Crippen LogP contribution in [0.5, 0.6) is 5.75 Å². The second kappa shape index (κ2) is 7.84. The van der Waals surface area contributed by atoms with Crippen molar-refractivity contribution in [3.05, 3.63) is 42.0 Å². The Morgan fingerprint density at radius 2 is 2.38 bits per heavy atom. The van der Waals surface area contributed by atoms with Crippen LogP contribution in [0.2, 0.25) is 0 Å². The number of carbonyl (C=O) groups is 1. The molecule has 1 atom stereocenters. The van der Waals surface area contributed by atoms with Crippen molar-refractivity contribution in [3.63, 3.8) is 0 Å². The van der Waals surface area contributed by atoms with E-state index in [0.29, 0.717) is 12.6 Å². The van der Waals surface area contributed by atoms with E-state index < -0.39 is 0 Å². The molecule has 1 aromatic carbocycles. The van der Waals surface area contributed by atoms with E-state index in [9.17, 15) is 4.79 Å². The molecule has 21 heavy (non-hydrogen) atoms. The predicted molar refractivity (Wildman–Crippen MR) is 84.5 cm³/mol. The van der Waals surface area contributed by atoms with E-state index >= 15 is 0 Å². The van der Waals surface area contributed by atoms with Gasteiger partial charge in [-0.3, -0.25) is 4.79 Å². The number of rotatable bonds is 8. The lowest BCUT2D eigenvalue weighted by Gasteiger charge is -2.14. The van der Waals surface area contributed by atoms with Gasteiger partial charge in [-0.15, -0.1) is 6.58 Å². The van der Waals surface area contributed by atoms with E-state index in [4.69, 9.17) is 4.74 Å². The Labute approximate surface area is 126 Å². The Kier molecular flexibility index (Phi) is 5.81. The number of hydrogen-bond acceptors (Lipinski definition) is 3. The highest BCUT2D eigenvalue weighted by molar-refractivity contribution is 5.77. The van der Waals surface area contributed by atoms with Gasteiger partial charge in [-0.2, -0.15) is 0 Å². The maximum absolute atomic E-state index is 11.6. The molecular formula is C17H24N2O2. The fraction of sp³-hybridized carbons (Fsp3) is 0.471. The van der Waals surface area contributed by atoms with Crippen LogP contribution in [-0.2, 0) is 11.2 Å². The quantitative estimate of drug-likeness (QED) is 0.722. The molecule has 1 unspecified atom stereocenters. The molecule has 0 radical (unpaired) electrons. The summed E-state index contributed by atoms with van der Waals surface area (Å²) in [5.74, 6) is 0.716. The second-order valence-corrected chi connectivity index (χ2v) is 5.25. The molecular weight excluding hydrogens is 264 g/mol. The zero-order chi connectivity index (χ0) is 15.1. The summed E-state index contributed by atoms with van der Waals surface area (Å²) < 4.78 is 5.69. The average Bonchev–Trinajstić information content (AvgIpc) is 2.92. The summed E-state index contributed by atoms with van der Waals surface area (Å²) >= 11 is 0. The van der Waals surface area contributed by atoms with Gasteiger partial charge in [0, 0.05) is 12.6 Å². The largest absolute Gasteiger partial charge is 0.483 e. The first-order valence-corrected chi connectivity index (χ1v) is 7.61. The summed E-state index contributed by atoms with van der Waals surface area (Å²) in [7, 11) is 0. The van der Waals surface area contributed by atoms with Gasteiger partial charge in [-0.25, -0.2) is 0 Å². The maximum atomic E-state index is 11.6. The topological polar surface area (TPSA) is 50.4 Å². The Bertz CT molecular complexity index is 500. The van der Waals surface area contributed by atoms with Crippen LogP contribution in [0.3, 0.4) is 0 Å². The number of amides is 1. The monoisotopic (exact) mass is 288 g/mol. The van der Waals surface area contributed by atoms with Gasteiger partial charge in [0.15, 0.2) is 6.61 Å². The first-order chi connectivity index (χ1) is 10.3. The fourth-order valence-corrected chi connectivity index (χ4v) is 2.67. The van der Waals surface area contributed by atoms with Crippen molar-refractivity contribution in [1.82, 2.24) is 10.6 Å². The minimum absolute atomic E-state index is 0.0529. The second-order valence-electron chi connectivity index (χ2n) is 5.25. The Balaban J connectivity index is 1.98. The van der Waals surface area contributed by atoms with Crippen molar-refractivity contribution in [2.24, 2.45) is 0 Å². The zero-order valence-corrected chi connectivity index (χ0v) is 12.7. The Morgan fingerprint density at radius 3 is 3.14 bits per heavy atom. The molecule has 0 saturated carbocycles. The van der Waals surface area contributed by atoms with Gasteiger partial charge in [-0.1, -0.05) is 25.1 Å². The van der Waals surface area contributed by atoms with Crippen LogP contribution >= 0.6 is 0 Å². The van der Waals surface area contributed by atoms with Crippen LogP contribution in [0.1, 0.15) is 36.9 Å². The molecule has 1 aromatic rings. The third-order valence-electron chi connectivity index (χ3n) is 3.67. The molecule has 4 heteroatoms. The highest BCUT2D eigenvalue weighted by Crippen LogP contribution is 2.36. The van der Waals surface area contributed by atoms with E-state index in [1.54, 1.807) is 6.08 Å². The molecule has 4 nitrogen and oxygen atoms in total. The summed E-state index contributed by atoms with van der Waals surface area (Å²) in [6.45, 7) is 7.29. The fourth-order valence-electron chi connectivity index (χ4n) is 2.67. The van der Waals surface area contributed by atoms with Crippen LogP contribution < -0.4 is 15.4 Å². The van der Waals surface area contributed by atoms with Crippen LogP contribution in [0.25, 0.3) is 0 Å². The lowest BCUT2D eigenvalue weighted by molar-refractivity contribution is -0.122. The number of carbonyl (C=O) groups excluding carboxylic acids is 1. The van der Waals surface area contributed by atoms with Gasteiger partial charge in [0.05, 0.1) is 0 Å². The molecule has 0 fully saturated rings. The number of benzene rings is 1. The van der Waals surface area contributed by atoms with Crippen molar-refractivity contribution in [3.8, 4) is 5.75 Å². The van der Waals surface area contributed by atoms with Gasteiger partial charge in [-0.05, 0) is 43.0 Å². The number of nitrogens with one attached hydrogen (secondary N) is 2. The molecule has 0 bridgehead atoms. The third-order valence-corrected chi connectivity index (χ3v) is 3.67. The molecule has 0 aromatic heterocycles. The summed E-state index contributed by atoms with van der Waals surface area (Å²) in [6, 6.07) is 6.52. The van der Waals surface area contributed by atoms with E-state index in [0.717, 1.165) is 31.6 Å². The molecule has 2 N–H and O–H groups in total. The third kappa shape index (κ3) is 4.08. The van der Waals surface area contributed by atoms with Gasteiger partial charge < -0.3 is 15.4 Å². The smallest absolute Gasteiger partial charge is 0.258 e. The molecule has 1 aliphatic carbocycles. The molecule has 0 spiro atoms. The van der Waals surface area contributed by atoms with Crippen molar-refractivity contribution in [2.45, 2.75) is 32.2 Å². The van der Waals surface area contributed by atoms with E-state index in [1.165, 1.54) is 11.1 Å². The van der Waals surface area contributed by atoms with Gasteiger partial charge >= 0.3 is 0 Å². The highest BCUT2D eigenvalue weighted by atomic mass is 16.5. The molecule has 1 amide bonds. The predicted octanol–water partition coefficient (Wildman–Crippen LogP) is 2.35. The van der Waals surface area contributed by atoms with Gasteiger partial charge in [0.1, 0.15) is 5.75 Å². The van der Waals surface area contributed by atoms with Crippen LogP contribution in [-0.4, -0.2) is 25.6 Å². The van der Waals surface area contributed by atoms with Crippen LogP contribution in [0.15, 0.2) is 30.9 Å². The van der Waals surface area contributed by atoms with Crippen molar-refractivity contribution in [2.75, 3.05) is 19.7 Å². The average molecular weight is 288 g/mol. The molecule has 0 heterocycles. The molecule has 2 rings (SSSR count). The SMILES string of the molecule is C=CCNC(=O)COc1cccc2c1CCC2NCCC. The molecule has 0 saturated heterocycles. The van der Waals surface area contributed by atoms with E-state index in [-0.39, 0.29) is 12.5 Å². The lowest BCUT2D eigenvalue weighted by atomic mass is 10.1. The summed E-state index contributed by atoms with van der Waals surface area (Å²) in [5, 5.41) is 6.27. The first kappa shape index (κ1) is 15.6. The minimum Gasteiger partial charge on any atom is -0.483 e. The van der Waals surface area contributed by atoms with Gasteiger partial charge in [0.2, 0.25) is 0 Å². The van der Waals surface area contributed by atoms with Gasteiger partial charge in [0.25, 0.3) is 5.91 Å². The van der Waals surface area contributed by atoms with E-state index in [2.05, 4.69) is 30.2 Å². The maximum Gasteiger partial charge on any atom is 0.258 e. The summed E-state index contributed by atoms with van der Waals surface area (Å²) in [6.07, 6.45) is 4.88. The van der Waals surface area contributed by atoms with Crippen molar-refractivity contribution in [1.29, 1.82) is 0 Å². The number of fused-ring (bicyclic) bond motifs is 1. The zero-order valence-electron chi connectivity index (χ0n) is 12.7. The minimum atomic E-state index is -0.119. The van der Waals surface area contributed by atoms with E-state index in [1.807, 2.05) is 12.1 Å².